The molecule has 0 aromatic rings. The highest BCUT2D eigenvalue weighted by Gasteiger charge is 2.17. The molecule has 1 fully saturated rings. The molecule has 3 heteroatoms. The highest BCUT2D eigenvalue weighted by Crippen LogP contribution is 2.20. The quantitative estimate of drug-likeness (QED) is 0.570. The standard InChI is InChI=1S/C17H34N2O/c1-3-5-7-9-15(8-6-4-2)12-17(20)19-14-16-10-11-18-13-16/h15-16,18H,3-14H2,1-2H3,(H,19,20). The second kappa shape index (κ2) is 11.1. The monoisotopic (exact) mass is 282 g/mol. The van der Waals surface area contributed by atoms with Crippen LogP contribution in [-0.4, -0.2) is 25.5 Å². The second-order valence-corrected chi connectivity index (χ2v) is 6.37. The number of carbonyl (C=O) groups is 1. The third-order valence-electron chi connectivity index (χ3n) is 4.41. The lowest BCUT2D eigenvalue weighted by molar-refractivity contribution is -0.122. The normalized spacial score (nSPS) is 20.0. The van der Waals surface area contributed by atoms with Crippen LogP contribution in [0.5, 0.6) is 0 Å². The number of unbranched alkanes of at least 4 members (excludes halogenated alkanes) is 3. The Morgan fingerprint density at radius 2 is 1.95 bits per heavy atom. The number of hydrogen-bond donors (Lipinski definition) is 2. The van der Waals surface area contributed by atoms with Crippen molar-refractivity contribution in [2.75, 3.05) is 19.6 Å². The molecule has 3 nitrogen and oxygen atoms in total. The van der Waals surface area contributed by atoms with Crippen LogP contribution < -0.4 is 10.6 Å². The number of nitrogens with one attached hydrogen (secondary N) is 2. The van der Waals surface area contributed by atoms with Crippen molar-refractivity contribution in [2.45, 2.75) is 71.6 Å². The lowest BCUT2D eigenvalue weighted by atomic mass is 9.92. The predicted molar refractivity (Wildman–Crippen MR) is 85.8 cm³/mol. The van der Waals surface area contributed by atoms with Crippen molar-refractivity contribution < 1.29 is 4.79 Å². The molecule has 0 saturated carbocycles. The molecular weight excluding hydrogens is 248 g/mol. The zero-order valence-corrected chi connectivity index (χ0v) is 13.5. The van der Waals surface area contributed by atoms with E-state index in [1.807, 2.05) is 0 Å². The van der Waals surface area contributed by atoms with Crippen LogP contribution >= 0.6 is 0 Å². The summed E-state index contributed by atoms with van der Waals surface area (Å²) in [6.45, 7) is 7.51. The van der Waals surface area contributed by atoms with Gasteiger partial charge < -0.3 is 10.6 Å². The summed E-state index contributed by atoms with van der Waals surface area (Å²) in [7, 11) is 0. The fourth-order valence-electron chi connectivity index (χ4n) is 3.01. The average molecular weight is 282 g/mol. The maximum absolute atomic E-state index is 12.1. The van der Waals surface area contributed by atoms with Gasteiger partial charge in [0.15, 0.2) is 0 Å². The summed E-state index contributed by atoms with van der Waals surface area (Å²) in [4.78, 5) is 12.1. The fourth-order valence-corrected chi connectivity index (χ4v) is 3.01. The van der Waals surface area contributed by atoms with E-state index in [1.54, 1.807) is 0 Å². The third-order valence-corrected chi connectivity index (χ3v) is 4.41. The minimum absolute atomic E-state index is 0.273. The topological polar surface area (TPSA) is 41.1 Å². The van der Waals surface area contributed by atoms with Crippen molar-refractivity contribution in [1.29, 1.82) is 0 Å². The number of hydrogen-bond acceptors (Lipinski definition) is 2. The Kier molecular flexibility index (Phi) is 9.73. The molecule has 1 amide bonds. The van der Waals surface area contributed by atoms with Gasteiger partial charge in [0, 0.05) is 13.0 Å². The summed E-state index contributed by atoms with van der Waals surface area (Å²) in [6, 6.07) is 0. The van der Waals surface area contributed by atoms with Gasteiger partial charge in [0.05, 0.1) is 0 Å². The van der Waals surface area contributed by atoms with Gasteiger partial charge in [-0.3, -0.25) is 4.79 Å². The molecule has 1 saturated heterocycles. The van der Waals surface area contributed by atoms with Crippen molar-refractivity contribution in [3.63, 3.8) is 0 Å². The van der Waals surface area contributed by atoms with Gasteiger partial charge in [-0.15, -0.1) is 0 Å². The lowest BCUT2D eigenvalue weighted by Crippen LogP contribution is -2.31. The SMILES string of the molecule is CCCCCC(CCCC)CC(=O)NCC1CCNC1. The van der Waals surface area contributed by atoms with Crippen LogP contribution in [0.1, 0.15) is 71.6 Å². The number of rotatable bonds is 11. The van der Waals surface area contributed by atoms with Crippen LogP contribution in [0.3, 0.4) is 0 Å². The molecule has 0 radical (unpaired) electrons. The predicted octanol–water partition coefficient (Wildman–Crippen LogP) is 3.49. The molecule has 1 aliphatic rings. The van der Waals surface area contributed by atoms with E-state index >= 15 is 0 Å². The summed E-state index contributed by atoms with van der Waals surface area (Å²) in [5.41, 5.74) is 0. The summed E-state index contributed by atoms with van der Waals surface area (Å²) < 4.78 is 0. The molecule has 0 aromatic heterocycles. The molecular formula is C17H34N2O. The van der Waals surface area contributed by atoms with Gasteiger partial charge >= 0.3 is 0 Å². The fraction of sp³-hybridized carbons (Fsp3) is 0.941. The van der Waals surface area contributed by atoms with E-state index in [1.165, 1.54) is 51.4 Å². The second-order valence-electron chi connectivity index (χ2n) is 6.37. The maximum Gasteiger partial charge on any atom is 0.220 e. The summed E-state index contributed by atoms with van der Waals surface area (Å²) in [6.07, 6.45) is 10.7. The maximum atomic E-state index is 12.1. The molecule has 118 valence electrons. The Labute approximate surface area is 125 Å². The van der Waals surface area contributed by atoms with Gasteiger partial charge in [-0.2, -0.15) is 0 Å². The lowest BCUT2D eigenvalue weighted by Gasteiger charge is -2.17. The minimum Gasteiger partial charge on any atom is -0.356 e. The zero-order valence-electron chi connectivity index (χ0n) is 13.5. The molecule has 20 heavy (non-hydrogen) atoms. The van der Waals surface area contributed by atoms with E-state index in [0.717, 1.165) is 26.1 Å². The summed E-state index contributed by atoms with van der Waals surface area (Å²) in [5, 5.41) is 6.49. The Morgan fingerprint density at radius 1 is 1.20 bits per heavy atom. The minimum atomic E-state index is 0.273. The van der Waals surface area contributed by atoms with Crippen LogP contribution in [0.15, 0.2) is 0 Å². The summed E-state index contributed by atoms with van der Waals surface area (Å²) in [5.74, 6) is 1.52. The van der Waals surface area contributed by atoms with Crippen LogP contribution in [0.2, 0.25) is 0 Å². The molecule has 0 aromatic carbocycles. The molecule has 2 N–H and O–H groups in total. The van der Waals surface area contributed by atoms with Gasteiger partial charge in [0.2, 0.25) is 5.91 Å². The molecule has 1 aliphatic heterocycles. The largest absolute Gasteiger partial charge is 0.356 e. The number of amides is 1. The van der Waals surface area contributed by atoms with Gasteiger partial charge in [-0.1, -0.05) is 46.0 Å². The average Bonchev–Trinajstić information content (AvgIpc) is 2.96. The summed E-state index contributed by atoms with van der Waals surface area (Å²) >= 11 is 0. The van der Waals surface area contributed by atoms with Gasteiger partial charge in [-0.25, -0.2) is 0 Å². The first-order valence-corrected chi connectivity index (χ1v) is 8.73. The van der Waals surface area contributed by atoms with E-state index < -0.39 is 0 Å². The smallest absolute Gasteiger partial charge is 0.220 e. The molecule has 1 heterocycles. The van der Waals surface area contributed by atoms with Crippen LogP contribution in [0.4, 0.5) is 0 Å². The van der Waals surface area contributed by atoms with E-state index in [9.17, 15) is 4.79 Å². The van der Waals surface area contributed by atoms with Crippen molar-refractivity contribution in [2.24, 2.45) is 11.8 Å². The first-order chi connectivity index (χ1) is 9.76. The Morgan fingerprint density at radius 3 is 2.60 bits per heavy atom. The highest BCUT2D eigenvalue weighted by molar-refractivity contribution is 5.76. The van der Waals surface area contributed by atoms with Crippen molar-refractivity contribution in [3.8, 4) is 0 Å². The molecule has 0 spiro atoms. The molecule has 0 bridgehead atoms. The zero-order chi connectivity index (χ0) is 14.6. The number of carbonyl (C=O) groups excluding carboxylic acids is 1. The Hall–Kier alpha value is -0.570. The molecule has 2 unspecified atom stereocenters. The van der Waals surface area contributed by atoms with Crippen molar-refractivity contribution in [1.82, 2.24) is 10.6 Å². The van der Waals surface area contributed by atoms with E-state index in [-0.39, 0.29) is 5.91 Å². The van der Waals surface area contributed by atoms with Crippen LogP contribution in [0.25, 0.3) is 0 Å². The van der Waals surface area contributed by atoms with Gasteiger partial charge in [0.25, 0.3) is 0 Å². The molecule has 0 aliphatic carbocycles. The van der Waals surface area contributed by atoms with Crippen LogP contribution in [0, 0.1) is 11.8 Å². The first-order valence-electron chi connectivity index (χ1n) is 8.73. The highest BCUT2D eigenvalue weighted by atomic mass is 16.1. The van der Waals surface area contributed by atoms with E-state index in [4.69, 9.17) is 0 Å². The van der Waals surface area contributed by atoms with Crippen molar-refractivity contribution >= 4 is 5.91 Å². The molecule has 1 rings (SSSR count). The van der Waals surface area contributed by atoms with E-state index in [2.05, 4.69) is 24.5 Å². The third kappa shape index (κ3) is 7.88. The Balaban J connectivity index is 2.20. The van der Waals surface area contributed by atoms with Gasteiger partial charge in [-0.05, 0) is 44.2 Å². The van der Waals surface area contributed by atoms with Gasteiger partial charge in [0.1, 0.15) is 0 Å². The van der Waals surface area contributed by atoms with E-state index in [0.29, 0.717) is 11.8 Å². The molecule has 2 atom stereocenters. The Bertz CT molecular complexity index is 249. The van der Waals surface area contributed by atoms with Crippen LogP contribution in [-0.2, 0) is 4.79 Å². The van der Waals surface area contributed by atoms with Crippen molar-refractivity contribution in [3.05, 3.63) is 0 Å². The first kappa shape index (κ1) is 17.5.